The summed E-state index contributed by atoms with van der Waals surface area (Å²) in [5, 5.41) is 2.50. The second-order valence-electron chi connectivity index (χ2n) is 5.57. The van der Waals surface area contributed by atoms with Gasteiger partial charge in [0, 0.05) is 11.4 Å². The molecule has 27 heavy (non-hydrogen) atoms. The molecule has 0 heterocycles. The summed E-state index contributed by atoms with van der Waals surface area (Å²) >= 11 is 0. The number of sulfonamides is 1. The minimum atomic E-state index is -3.88. The molecule has 0 aliphatic heterocycles. The highest BCUT2D eigenvalue weighted by Gasteiger charge is 2.15. The predicted octanol–water partition coefficient (Wildman–Crippen LogP) is 4.02. The molecular formula is C19H14F2N2O3S. The van der Waals surface area contributed by atoms with Crippen molar-refractivity contribution in [1.82, 2.24) is 0 Å². The second kappa shape index (κ2) is 7.55. The van der Waals surface area contributed by atoms with E-state index in [9.17, 15) is 22.0 Å². The fourth-order valence-corrected chi connectivity index (χ4v) is 3.35. The van der Waals surface area contributed by atoms with Crippen LogP contribution in [0.3, 0.4) is 0 Å². The molecule has 3 rings (SSSR count). The quantitative estimate of drug-likeness (QED) is 0.693. The second-order valence-corrected chi connectivity index (χ2v) is 7.25. The Kier molecular flexibility index (Phi) is 5.18. The summed E-state index contributed by atoms with van der Waals surface area (Å²) in [5.41, 5.74) is 0.407. The number of amides is 1. The normalized spacial score (nSPS) is 11.0. The van der Waals surface area contributed by atoms with Crippen LogP contribution >= 0.6 is 0 Å². The molecule has 0 saturated heterocycles. The zero-order chi connectivity index (χ0) is 19.4. The van der Waals surface area contributed by atoms with E-state index in [1.54, 1.807) is 0 Å². The maximum atomic E-state index is 13.6. The maximum Gasteiger partial charge on any atom is 0.261 e. The largest absolute Gasteiger partial charge is 0.322 e. The van der Waals surface area contributed by atoms with Crippen LogP contribution in [0, 0.1) is 11.6 Å². The average Bonchev–Trinajstić information content (AvgIpc) is 2.64. The molecule has 0 radical (unpaired) electrons. The Morgan fingerprint density at radius 2 is 1.37 bits per heavy atom. The van der Waals surface area contributed by atoms with Crippen LogP contribution in [0.1, 0.15) is 10.4 Å². The van der Waals surface area contributed by atoms with Crippen molar-refractivity contribution < 1.29 is 22.0 Å². The first-order valence-electron chi connectivity index (χ1n) is 7.79. The summed E-state index contributed by atoms with van der Waals surface area (Å²) < 4.78 is 53.5. The summed E-state index contributed by atoms with van der Waals surface area (Å²) in [4.78, 5) is 12.0. The van der Waals surface area contributed by atoms with Gasteiger partial charge in [-0.05, 0) is 60.7 Å². The lowest BCUT2D eigenvalue weighted by atomic mass is 10.2. The Morgan fingerprint density at radius 1 is 0.778 bits per heavy atom. The third kappa shape index (κ3) is 4.48. The Labute approximate surface area is 154 Å². The number of halogens is 2. The molecule has 1 amide bonds. The van der Waals surface area contributed by atoms with Crippen molar-refractivity contribution >= 4 is 27.3 Å². The van der Waals surface area contributed by atoms with Crippen molar-refractivity contribution in [2.75, 3.05) is 10.0 Å². The predicted molar refractivity (Wildman–Crippen MR) is 98.0 cm³/mol. The molecule has 0 atom stereocenters. The van der Waals surface area contributed by atoms with Gasteiger partial charge in [0.1, 0.15) is 11.6 Å². The summed E-state index contributed by atoms with van der Waals surface area (Å²) in [6.45, 7) is 0. The van der Waals surface area contributed by atoms with Crippen molar-refractivity contribution in [3.63, 3.8) is 0 Å². The molecule has 0 aliphatic carbocycles. The number of carbonyl (C=O) groups is 1. The lowest BCUT2D eigenvalue weighted by Gasteiger charge is -2.10. The van der Waals surface area contributed by atoms with Gasteiger partial charge in [-0.3, -0.25) is 9.52 Å². The van der Waals surface area contributed by atoms with Crippen LogP contribution in [0.2, 0.25) is 0 Å². The standard InChI is InChI=1S/C19H14F2N2O3S/c20-13-5-7-15(8-6-13)23-27(25,26)16-11-9-14(10-12-16)22-19(24)17-3-1-2-4-18(17)21/h1-12,23H,(H,22,24). The molecule has 5 nitrogen and oxygen atoms in total. The van der Waals surface area contributed by atoms with Gasteiger partial charge in [-0.2, -0.15) is 0 Å². The van der Waals surface area contributed by atoms with Gasteiger partial charge >= 0.3 is 0 Å². The molecule has 3 aromatic carbocycles. The van der Waals surface area contributed by atoms with E-state index in [1.165, 1.54) is 60.7 Å². The molecule has 0 bridgehead atoms. The summed E-state index contributed by atoms with van der Waals surface area (Å²) in [5.74, 6) is -1.78. The third-order valence-corrected chi connectivity index (χ3v) is 5.03. The average molecular weight is 388 g/mol. The number of rotatable bonds is 5. The number of anilines is 2. The van der Waals surface area contributed by atoms with Crippen LogP contribution in [-0.2, 0) is 10.0 Å². The van der Waals surface area contributed by atoms with Gasteiger partial charge in [-0.25, -0.2) is 17.2 Å². The highest BCUT2D eigenvalue weighted by molar-refractivity contribution is 7.92. The monoisotopic (exact) mass is 388 g/mol. The molecule has 2 N–H and O–H groups in total. The zero-order valence-electron chi connectivity index (χ0n) is 13.8. The molecule has 0 unspecified atom stereocenters. The number of carbonyl (C=O) groups excluding carboxylic acids is 1. The van der Waals surface area contributed by atoms with Gasteiger partial charge in [-0.1, -0.05) is 12.1 Å². The fraction of sp³-hybridized carbons (Fsp3) is 0. The van der Waals surface area contributed by atoms with E-state index in [4.69, 9.17) is 0 Å². The van der Waals surface area contributed by atoms with Crippen LogP contribution in [-0.4, -0.2) is 14.3 Å². The minimum Gasteiger partial charge on any atom is -0.322 e. The molecular weight excluding hydrogens is 374 g/mol. The number of nitrogens with one attached hydrogen (secondary N) is 2. The van der Waals surface area contributed by atoms with Gasteiger partial charge in [0.05, 0.1) is 10.5 Å². The number of hydrogen-bond acceptors (Lipinski definition) is 3. The van der Waals surface area contributed by atoms with Crippen LogP contribution in [0.15, 0.2) is 77.7 Å². The van der Waals surface area contributed by atoms with Gasteiger partial charge in [0.2, 0.25) is 0 Å². The highest BCUT2D eigenvalue weighted by Crippen LogP contribution is 2.19. The molecule has 8 heteroatoms. The first-order valence-corrected chi connectivity index (χ1v) is 9.28. The van der Waals surface area contributed by atoms with E-state index in [0.29, 0.717) is 5.69 Å². The summed E-state index contributed by atoms with van der Waals surface area (Å²) in [6, 6.07) is 15.8. The van der Waals surface area contributed by atoms with Gasteiger partial charge < -0.3 is 5.32 Å². The lowest BCUT2D eigenvalue weighted by Crippen LogP contribution is -2.15. The fourth-order valence-electron chi connectivity index (χ4n) is 2.29. The molecule has 0 aliphatic rings. The first kappa shape index (κ1) is 18.5. The highest BCUT2D eigenvalue weighted by atomic mass is 32.2. The van der Waals surface area contributed by atoms with Crippen molar-refractivity contribution in [3.05, 3.63) is 90.0 Å². The van der Waals surface area contributed by atoms with Crippen LogP contribution < -0.4 is 10.0 Å². The number of hydrogen-bond donors (Lipinski definition) is 2. The van der Waals surface area contributed by atoms with Gasteiger partial charge in [0.15, 0.2) is 0 Å². The molecule has 0 fully saturated rings. The smallest absolute Gasteiger partial charge is 0.261 e. The summed E-state index contributed by atoms with van der Waals surface area (Å²) in [6.07, 6.45) is 0. The van der Waals surface area contributed by atoms with E-state index >= 15 is 0 Å². The van der Waals surface area contributed by atoms with E-state index in [2.05, 4.69) is 10.0 Å². The van der Waals surface area contributed by atoms with Gasteiger partial charge in [-0.15, -0.1) is 0 Å². The third-order valence-electron chi connectivity index (χ3n) is 3.64. The van der Waals surface area contributed by atoms with Crippen molar-refractivity contribution in [2.45, 2.75) is 4.90 Å². The Hall–Kier alpha value is -3.26. The van der Waals surface area contributed by atoms with Crippen LogP contribution in [0.4, 0.5) is 20.2 Å². The lowest BCUT2D eigenvalue weighted by molar-refractivity contribution is 0.102. The molecule has 3 aromatic rings. The van der Waals surface area contributed by atoms with Crippen molar-refractivity contribution in [2.24, 2.45) is 0 Å². The van der Waals surface area contributed by atoms with Gasteiger partial charge in [0.25, 0.3) is 15.9 Å². The number of benzene rings is 3. The SMILES string of the molecule is O=C(Nc1ccc(S(=O)(=O)Nc2ccc(F)cc2)cc1)c1ccccc1F. The molecule has 0 saturated carbocycles. The van der Waals surface area contributed by atoms with E-state index in [-0.39, 0.29) is 16.1 Å². The van der Waals surface area contributed by atoms with Crippen molar-refractivity contribution in [1.29, 1.82) is 0 Å². The molecule has 0 spiro atoms. The van der Waals surface area contributed by atoms with Crippen molar-refractivity contribution in [3.8, 4) is 0 Å². The summed E-state index contributed by atoms with van der Waals surface area (Å²) in [7, 11) is -3.88. The minimum absolute atomic E-state index is 0.0456. The maximum absolute atomic E-state index is 13.6. The Morgan fingerprint density at radius 3 is 2.00 bits per heavy atom. The zero-order valence-corrected chi connectivity index (χ0v) is 14.6. The topological polar surface area (TPSA) is 75.3 Å². The Bertz CT molecular complexity index is 1070. The molecule has 0 aromatic heterocycles. The molecule has 138 valence electrons. The van der Waals surface area contributed by atoms with Crippen LogP contribution in [0.5, 0.6) is 0 Å². The van der Waals surface area contributed by atoms with E-state index in [1.807, 2.05) is 0 Å². The van der Waals surface area contributed by atoms with E-state index < -0.39 is 27.6 Å². The Balaban J connectivity index is 1.73. The van der Waals surface area contributed by atoms with E-state index in [0.717, 1.165) is 12.1 Å². The van der Waals surface area contributed by atoms with Crippen LogP contribution in [0.25, 0.3) is 0 Å². The first-order chi connectivity index (χ1) is 12.8.